The second-order valence-corrected chi connectivity index (χ2v) is 18.5. The first kappa shape index (κ1) is 46.5. The van der Waals surface area contributed by atoms with Crippen molar-refractivity contribution in [3.63, 3.8) is 0 Å². The number of ether oxygens (including phenoxy) is 2. The molecule has 0 radical (unpaired) electrons. The highest BCUT2D eigenvalue weighted by molar-refractivity contribution is 6.34. The maximum absolute atomic E-state index is 13.8. The summed E-state index contributed by atoms with van der Waals surface area (Å²) in [5.74, 6) is -0.0930. The molecule has 6 rings (SSSR count). The van der Waals surface area contributed by atoms with Crippen LogP contribution in [0.4, 0.5) is 28.4 Å². The first-order valence-electron chi connectivity index (χ1n) is 21.1. The molecule has 0 spiro atoms. The zero-order valence-electron chi connectivity index (χ0n) is 36.6. The first-order valence-corrected chi connectivity index (χ1v) is 21.5. The number of alkyl halides is 3. The molecule has 3 aromatic rings. The third-order valence-corrected chi connectivity index (χ3v) is 12.3. The van der Waals surface area contributed by atoms with Gasteiger partial charge >= 0.3 is 18.5 Å². The Labute approximate surface area is 365 Å². The van der Waals surface area contributed by atoms with Gasteiger partial charge in [0, 0.05) is 68.4 Å². The van der Waals surface area contributed by atoms with Crippen LogP contribution in [-0.2, 0) is 14.3 Å². The molecule has 338 valence electrons. The SMILES string of the molecule is COC(=O)N[C@H](C(=O)N1C[C@@H](C)C[C@H]1c1ncc(-c2ccc(-c3cc(Cl)c(NC(=O)N4CCC(N5CCN(C(=O)C(C)(C)C)C[C@@H]5C)CC4)cc3OC(F)(F)F)cc2)[nH]1)C(C)C. The van der Waals surface area contributed by atoms with E-state index in [2.05, 4.69) is 37.2 Å². The number of methoxy groups -OCH3 is 1. The van der Waals surface area contributed by atoms with Crippen LogP contribution in [0.25, 0.3) is 22.4 Å². The molecule has 62 heavy (non-hydrogen) atoms. The predicted molar refractivity (Wildman–Crippen MR) is 229 cm³/mol. The predicted octanol–water partition coefficient (Wildman–Crippen LogP) is 8.16. The fourth-order valence-corrected chi connectivity index (χ4v) is 8.97. The van der Waals surface area contributed by atoms with Gasteiger partial charge in [0.1, 0.15) is 17.6 Å². The Hall–Kier alpha value is -5.03. The number of H-pyrrole nitrogens is 1. The number of imidazole rings is 1. The number of hydrogen-bond acceptors (Lipinski definition) is 8. The Morgan fingerprint density at radius 2 is 1.60 bits per heavy atom. The molecule has 3 aliphatic heterocycles. The van der Waals surface area contributed by atoms with Gasteiger partial charge in [-0.25, -0.2) is 14.6 Å². The summed E-state index contributed by atoms with van der Waals surface area (Å²) in [6.07, 6.45) is -2.01. The lowest BCUT2D eigenvalue weighted by atomic mass is 9.93. The normalized spacial score (nSPS) is 20.9. The number of amides is 5. The number of piperazine rings is 1. The molecule has 3 aliphatic rings. The number of urea groups is 1. The number of nitrogens with zero attached hydrogens (tertiary/aromatic N) is 5. The van der Waals surface area contributed by atoms with Crippen molar-refractivity contribution in [2.24, 2.45) is 17.3 Å². The van der Waals surface area contributed by atoms with Crippen molar-refractivity contribution in [3.8, 4) is 28.1 Å². The number of rotatable bonds is 9. The van der Waals surface area contributed by atoms with Gasteiger partial charge in [0.25, 0.3) is 0 Å². The Balaban J connectivity index is 1.12. The monoisotopic (exact) mass is 886 g/mol. The first-order chi connectivity index (χ1) is 29.1. The Morgan fingerprint density at radius 3 is 2.19 bits per heavy atom. The van der Waals surface area contributed by atoms with E-state index in [1.165, 1.54) is 13.2 Å². The maximum atomic E-state index is 13.8. The van der Waals surface area contributed by atoms with Crippen LogP contribution in [0.2, 0.25) is 5.02 Å². The molecular formula is C44H58ClF3N8O6. The fourth-order valence-electron chi connectivity index (χ4n) is 8.76. The number of likely N-dealkylation sites (tertiary alicyclic amines) is 2. The molecule has 3 fully saturated rings. The van der Waals surface area contributed by atoms with E-state index in [0.29, 0.717) is 74.6 Å². The molecule has 4 heterocycles. The Morgan fingerprint density at radius 1 is 0.935 bits per heavy atom. The number of alkyl carbamates (subject to hydrolysis) is 1. The number of benzene rings is 2. The molecular weight excluding hydrogens is 829 g/mol. The Bertz CT molecular complexity index is 2100. The van der Waals surface area contributed by atoms with E-state index in [-0.39, 0.29) is 58.0 Å². The zero-order chi connectivity index (χ0) is 45.3. The van der Waals surface area contributed by atoms with Crippen LogP contribution in [0.1, 0.15) is 79.6 Å². The van der Waals surface area contributed by atoms with Gasteiger partial charge in [-0.3, -0.25) is 14.5 Å². The highest BCUT2D eigenvalue weighted by atomic mass is 35.5. The summed E-state index contributed by atoms with van der Waals surface area (Å²) in [5, 5.41) is 5.38. The van der Waals surface area contributed by atoms with Gasteiger partial charge in [0.15, 0.2) is 0 Å². The zero-order valence-corrected chi connectivity index (χ0v) is 37.3. The second-order valence-electron chi connectivity index (χ2n) is 18.1. The molecule has 3 saturated heterocycles. The van der Waals surface area contributed by atoms with Crippen LogP contribution < -0.4 is 15.4 Å². The minimum absolute atomic E-state index is 0.0220. The van der Waals surface area contributed by atoms with Crippen molar-refractivity contribution < 1.29 is 41.8 Å². The van der Waals surface area contributed by atoms with Crippen molar-refractivity contribution >= 4 is 41.2 Å². The molecule has 0 bridgehead atoms. The van der Waals surface area contributed by atoms with E-state index in [0.717, 1.165) is 12.6 Å². The topological polar surface area (TPSA) is 152 Å². The molecule has 4 atom stereocenters. The largest absolute Gasteiger partial charge is 0.573 e. The molecule has 3 N–H and O–H groups in total. The van der Waals surface area contributed by atoms with Crippen LogP contribution in [0.15, 0.2) is 42.6 Å². The van der Waals surface area contributed by atoms with Gasteiger partial charge < -0.3 is 39.8 Å². The van der Waals surface area contributed by atoms with Gasteiger partial charge in [-0.2, -0.15) is 0 Å². The van der Waals surface area contributed by atoms with Gasteiger partial charge in [-0.05, 0) is 55.2 Å². The van der Waals surface area contributed by atoms with Crippen molar-refractivity contribution in [3.05, 3.63) is 53.4 Å². The fraction of sp³-hybridized carbons (Fsp3) is 0.568. The van der Waals surface area contributed by atoms with E-state index < -0.39 is 35.7 Å². The summed E-state index contributed by atoms with van der Waals surface area (Å²) in [7, 11) is 1.24. The Kier molecular flexibility index (Phi) is 14.1. The molecule has 0 unspecified atom stereocenters. The number of carbonyl (C=O) groups is 4. The van der Waals surface area contributed by atoms with E-state index in [4.69, 9.17) is 16.3 Å². The average molecular weight is 887 g/mol. The number of carbonyl (C=O) groups excluding carboxylic acids is 4. The third kappa shape index (κ3) is 10.8. The van der Waals surface area contributed by atoms with Crippen molar-refractivity contribution in [2.75, 3.05) is 51.7 Å². The summed E-state index contributed by atoms with van der Waals surface area (Å²) in [5.41, 5.74) is 1.30. The summed E-state index contributed by atoms with van der Waals surface area (Å²) >= 11 is 6.64. The third-order valence-electron chi connectivity index (χ3n) is 12.0. The van der Waals surface area contributed by atoms with E-state index in [9.17, 15) is 32.3 Å². The van der Waals surface area contributed by atoms with E-state index >= 15 is 0 Å². The molecule has 0 saturated carbocycles. The molecule has 18 heteroatoms. The summed E-state index contributed by atoms with van der Waals surface area (Å²) in [4.78, 5) is 67.6. The number of aromatic nitrogens is 2. The van der Waals surface area contributed by atoms with Crippen LogP contribution in [0, 0.1) is 17.3 Å². The minimum Gasteiger partial charge on any atom is -0.453 e. The van der Waals surface area contributed by atoms with Gasteiger partial charge in [0.05, 0.1) is 35.8 Å². The van der Waals surface area contributed by atoms with Gasteiger partial charge in [-0.1, -0.05) is 77.4 Å². The van der Waals surface area contributed by atoms with Crippen LogP contribution in [0.5, 0.6) is 5.75 Å². The molecule has 2 aromatic carbocycles. The molecule has 5 amide bonds. The lowest BCUT2D eigenvalue weighted by Gasteiger charge is -2.47. The number of nitrogens with one attached hydrogen (secondary N) is 3. The maximum Gasteiger partial charge on any atom is 0.573 e. The lowest BCUT2D eigenvalue weighted by Crippen LogP contribution is -2.60. The number of aromatic amines is 1. The molecule has 0 aliphatic carbocycles. The number of anilines is 1. The highest BCUT2D eigenvalue weighted by Crippen LogP contribution is 2.41. The van der Waals surface area contributed by atoms with Gasteiger partial charge in [0.2, 0.25) is 11.8 Å². The number of hydrogen-bond donors (Lipinski definition) is 3. The van der Waals surface area contributed by atoms with Gasteiger partial charge in [-0.15, -0.1) is 13.2 Å². The van der Waals surface area contributed by atoms with Crippen LogP contribution >= 0.6 is 11.6 Å². The van der Waals surface area contributed by atoms with Crippen molar-refractivity contribution in [2.45, 2.75) is 98.3 Å². The molecule has 14 nitrogen and oxygen atoms in total. The standard InChI is InChI=1S/C44H58ClF3N8O6/c1-25(2)37(52-42(60)61-8)39(57)56-23-26(3)19-35(56)38-49-22-34(50-38)29-11-9-28(10-12-29)31-20-32(45)33(21-36(31)62-44(46,47)48)51-41(59)53-15-13-30(14-16-53)55-18-17-54(24-27(55)4)40(58)43(5,6)7/h9-12,20-22,25-27,30,35,37H,13-19,23-24H2,1-8H3,(H,49,50)(H,51,59)(H,52,60)/t26-,27-,35-,37-/m0/s1. The minimum atomic E-state index is -5.03. The lowest BCUT2D eigenvalue weighted by molar-refractivity contribution is -0.274. The summed E-state index contributed by atoms with van der Waals surface area (Å²) in [6, 6.07) is 7.89. The van der Waals surface area contributed by atoms with Crippen LogP contribution in [-0.4, -0.2) is 124 Å². The number of piperidine rings is 1. The summed E-state index contributed by atoms with van der Waals surface area (Å²) < 4.78 is 50.6. The highest BCUT2D eigenvalue weighted by Gasteiger charge is 2.41. The smallest absolute Gasteiger partial charge is 0.453 e. The molecule has 1 aromatic heterocycles. The second kappa shape index (κ2) is 18.8. The van der Waals surface area contributed by atoms with Crippen molar-refractivity contribution in [1.82, 2.24) is 34.9 Å². The quantitative estimate of drug-likeness (QED) is 0.195. The van der Waals surface area contributed by atoms with Crippen molar-refractivity contribution in [1.29, 1.82) is 0 Å². The van der Waals surface area contributed by atoms with E-state index in [1.807, 2.05) is 46.4 Å². The van der Waals surface area contributed by atoms with E-state index in [1.54, 1.807) is 40.3 Å². The average Bonchev–Trinajstić information content (AvgIpc) is 3.86. The van der Waals surface area contributed by atoms with Crippen LogP contribution in [0.3, 0.4) is 0 Å². The number of halogens is 4. The summed E-state index contributed by atoms with van der Waals surface area (Å²) in [6.45, 7) is 17.0.